The molecule has 0 aliphatic heterocycles. The molecular formula is C33H29N9. The van der Waals surface area contributed by atoms with Crippen molar-refractivity contribution in [2.24, 2.45) is 0 Å². The van der Waals surface area contributed by atoms with Crippen LogP contribution in [0.3, 0.4) is 0 Å². The van der Waals surface area contributed by atoms with Crippen LogP contribution in [0.2, 0.25) is 0 Å². The fraction of sp³-hybridized carbons (Fsp3) is 0.0909. The lowest BCUT2D eigenvalue weighted by molar-refractivity contribution is 1.09. The maximum Gasteiger partial charge on any atom is 0.181 e. The predicted molar refractivity (Wildman–Crippen MR) is 166 cm³/mol. The van der Waals surface area contributed by atoms with Gasteiger partial charge in [0.15, 0.2) is 23.3 Å². The SMILES string of the molecule is Cc1cccc(C(=N)NC(=N)c2ccc(-c3nc(-c4cccc(C)c4)n[nH]3)cc2-c2nc(-c3cccc(C)c3)n[nH]2)c1. The number of rotatable bonds is 6. The number of hydrogen-bond donors (Lipinski definition) is 5. The second-order valence-corrected chi connectivity index (χ2v) is 10.3. The summed E-state index contributed by atoms with van der Waals surface area (Å²) >= 11 is 0. The van der Waals surface area contributed by atoms with E-state index in [0.29, 0.717) is 40.0 Å². The minimum absolute atomic E-state index is 0.0644. The Labute approximate surface area is 243 Å². The lowest BCUT2D eigenvalue weighted by Gasteiger charge is -2.13. The van der Waals surface area contributed by atoms with Gasteiger partial charge >= 0.3 is 0 Å². The van der Waals surface area contributed by atoms with Gasteiger partial charge in [0, 0.05) is 33.4 Å². The molecule has 0 atom stereocenters. The molecule has 9 nitrogen and oxygen atoms in total. The molecule has 0 aliphatic carbocycles. The highest BCUT2D eigenvalue weighted by Crippen LogP contribution is 2.29. The van der Waals surface area contributed by atoms with E-state index in [0.717, 1.165) is 33.4 Å². The number of aromatic amines is 2. The van der Waals surface area contributed by atoms with Crippen molar-refractivity contribution in [3.63, 3.8) is 0 Å². The van der Waals surface area contributed by atoms with Crippen molar-refractivity contribution >= 4 is 11.7 Å². The molecule has 0 bridgehead atoms. The van der Waals surface area contributed by atoms with E-state index in [1.165, 1.54) is 0 Å². The van der Waals surface area contributed by atoms with Crippen molar-refractivity contribution in [2.45, 2.75) is 20.8 Å². The van der Waals surface area contributed by atoms with E-state index in [9.17, 15) is 0 Å². The number of aryl methyl sites for hydroxylation is 3. The van der Waals surface area contributed by atoms with Gasteiger partial charge in [-0.25, -0.2) is 9.97 Å². The number of nitrogens with one attached hydrogen (secondary N) is 5. The van der Waals surface area contributed by atoms with Crippen molar-refractivity contribution in [1.29, 1.82) is 10.8 Å². The average Bonchev–Trinajstić information content (AvgIpc) is 3.68. The Kier molecular flexibility index (Phi) is 6.98. The first-order chi connectivity index (χ1) is 20.3. The van der Waals surface area contributed by atoms with Crippen LogP contribution in [0.1, 0.15) is 27.8 Å². The minimum Gasteiger partial charge on any atom is -0.325 e. The molecule has 9 heteroatoms. The molecule has 0 fully saturated rings. The second kappa shape index (κ2) is 11.1. The molecular weight excluding hydrogens is 522 g/mol. The Hall–Kier alpha value is -5.70. The highest BCUT2D eigenvalue weighted by Gasteiger charge is 2.19. The molecule has 2 aromatic heterocycles. The summed E-state index contributed by atoms with van der Waals surface area (Å²) in [5.41, 5.74) is 7.76. The van der Waals surface area contributed by atoms with E-state index < -0.39 is 0 Å². The number of amidine groups is 2. The van der Waals surface area contributed by atoms with Gasteiger partial charge in [-0.15, -0.1) is 0 Å². The van der Waals surface area contributed by atoms with Gasteiger partial charge in [-0.1, -0.05) is 77.4 Å². The number of aromatic nitrogens is 6. The first kappa shape index (κ1) is 26.5. The third-order valence-electron chi connectivity index (χ3n) is 6.90. The fourth-order valence-corrected chi connectivity index (χ4v) is 4.77. The van der Waals surface area contributed by atoms with E-state index in [2.05, 4.69) is 25.7 Å². The van der Waals surface area contributed by atoms with E-state index in [-0.39, 0.29) is 11.7 Å². The van der Waals surface area contributed by atoms with Gasteiger partial charge in [0.05, 0.1) is 0 Å². The molecule has 4 aromatic carbocycles. The molecule has 42 heavy (non-hydrogen) atoms. The molecule has 206 valence electrons. The molecule has 6 rings (SSSR count). The predicted octanol–water partition coefficient (Wildman–Crippen LogP) is 6.46. The van der Waals surface area contributed by atoms with Crippen LogP contribution in [-0.4, -0.2) is 42.0 Å². The summed E-state index contributed by atoms with van der Waals surface area (Å²) in [6.45, 7) is 6.03. The van der Waals surface area contributed by atoms with Gasteiger partial charge in [0.25, 0.3) is 0 Å². The van der Waals surface area contributed by atoms with Gasteiger partial charge in [0.1, 0.15) is 11.7 Å². The van der Waals surface area contributed by atoms with Crippen LogP contribution < -0.4 is 5.32 Å². The van der Waals surface area contributed by atoms with Crippen molar-refractivity contribution in [1.82, 2.24) is 35.7 Å². The topological polar surface area (TPSA) is 143 Å². The monoisotopic (exact) mass is 551 g/mol. The summed E-state index contributed by atoms with van der Waals surface area (Å²) in [5, 5.41) is 35.5. The molecule has 0 saturated heterocycles. The minimum atomic E-state index is 0.0644. The molecule has 2 heterocycles. The first-order valence-corrected chi connectivity index (χ1v) is 13.5. The van der Waals surface area contributed by atoms with Crippen molar-refractivity contribution < 1.29 is 0 Å². The van der Waals surface area contributed by atoms with Crippen LogP contribution in [0.15, 0.2) is 91.0 Å². The summed E-state index contributed by atoms with van der Waals surface area (Å²) in [6, 6.07) is 29.3. The fourth-order valence-electron chi connectivity index (χ4n) is 4.77. The smallest absolute Gasteiger partial charge is 0.181 e. The summed E-state index contributed by atoms with van der Waals surface area (Å²) in [4.78, 5) is 9.53. The maximum atomic E-state index is 8.91. The van der Waals surface area contributed by atoms with E-state index in [1.807, 2.05) is 112 Å². The maximum absolute atomic E-state index is 8.91. The Bertz CT molecular complexity index is 1950. The van der Waals surface area contributed by atoms with Crippen LogP contribution in [0.4, 0.5) is 0 Å². The molecule has 0 saturated carbocycles. The second-order valence-electron chi connectivity index (χ2n) is 10.3. The Morgan fingerprint density at radius 2 is 1.17 bits per heavy atom. The summed E-state index contributed by atoms with van der Waals surface area (Å²) in [6.07, 6.45) is 0. The Balaban J connectivity index is 1.39. The van der Waals surface area contributed by atoms with Gasteiger partial charge in [-0.05, 0) is 51.1 Å². The van der Waals surface area contributed by atoms with Gasteiger partial charge < -0.3 is 5.32 Å². The van der Waals surface area contributed by atoms with Crippen molar-refractivity contribution in [3.8, 4) is 45.6 Å². The van der Waals surface area contributed by atoms with Crippen LogP contribution in [0, 0.1) is 31.6 Å². The molecule has 0 amide bonds. The molecule has 0 aliphatic rings. The van der Waals surface area contributed by atoms with Crippen LogP contribution in [0.25, 0.3) is 45.6 Å². The van der Waals surface area contributed by atoms with Crippen LogP contribution >= 0.6 is 0 Å². The number of nitrogens with zero attached hydrogens (tertiary/aromatic N) is 4. The van der Waals surface area contributed by atoms with Gasteiger partial charge in [0.2, 0.25) is 0 Å². The molecule has 5 N–H and O–H groups in total. The highest BCUT2D eigenvalue weighted by molar-refractivity contribution is 6.14. The molecule has 0 unspecified atom stereocenters. The summed E-state index contributed by atoms with van der Waals surface area (Å²) < 4.78 is 0. The van der Waals surface area contributed by atoms with E-state index in [1.54, 1.807) is 0 Å². The highest BCUT2D eigenvalue weighted by atomic mass is 15.2. The Morgan fingerprint density at radius 3 is 1.79 bits per heavy atom. The van der Waals surface area contributed by atoms with Crippen LogP contribution in [0.5, 0.6) is 0 Å². The number of hydrogen-bond acceptors (Lipinski definition) is 6. The van der Waals surface area contributed by atoms with Crippen molar-refractivity contribution in [3.05, 3.63) is 119 Å². The third-order valence-corrected chi connectivity index (χ3v) is 6.90. The zero-order valence-electron chi connectivity index (χ0n) is 23.4. The summed E-state index contributed by atoms with van der Waals surface area (Å²) in [7, 11) is 0. The molecule has 0 radical (unpaired) electrons. The van der Waals surface area contributed by atoms with Gasteiger partial charge in [-0.2, -0.15) is 10.2 Å². The van der Waals surface area contributed by atoms with Crippen molar-refractivity contribution in [2.75, 3.05) is 0 Å². The standard InChI is InChI=1S/C33H29N9/c1-19-7-4-10-22(15-19)28(34)36-29(35)26-14-13-25(32-37-30(39-40-32)23-11-5-8-20(2)16-23)18-27(26)33-38-31(41-42-33)24-12-6-9-21(3)17-24/h4-18H,1-3H3,(H3,34,35,36)(H,37,39,40)(H,38,41,42). The van der Waals surface area contributed by atoms with Crippen LogP contribution in [-0.2, 0) is 0 Å². The Morgan fingerprint density at radius 1 is 0.595 bits per heavy atom. The lowest BCUT2D eigenvalue weighted by Crippen LogP contribution is -2.31. The first-order valence-electron chi connectivity index (χ1n) is 13.5. The normalized spacial score (nSPS) is 10.9. The molecule has 0 spiro atoms. The third kappa shape index (κ3) is 5.48. The van der Waals surface area contributed by atoms with E-state index >= 15 is 0 Å². The lowest BCUT2D eigenvalue weighted by atomic mass is 10.0. The zero-order chi connectivity index (χ0) is 29.2. The molecule has 6 aromatic rings. The zero-order valence-corrected chi connectivity index (χ0v) is 23.4. The van der Waals surface area contributed by atoms with Gasteiger partial charge in [-0.3, -0.25) is 21.0 Å². The van der Waals surface area contributed by atoms with E-state index in [4.69, 9.17) is 20.8 Å². The largest absolute Gasteiger partial charge is 0.325 e. The average molecular weight is 552 g/mol. The summed E-state index contributed by atoms with van der Waals surface area (Å²) in [5.74, 6) is 2.43. The number of benzene rings is 4. The quantitative estimate of drug-likeness (QED) is 0.119. The number of H-pyrrole nitrogens is 2.